The summed E-state index contributed by atoms with van der Waals surface area (Å²) in [5.74, 6) is 5.34. The Hall–Kier alpha value is -0.580. The summed E-state index contributed by atoms with van der Waals surface area (Å²) in [6.45, 7) is 5.52. The molecule has 0 aromatic carbocycles. The molecule has 3 N–H and O–H groups in total. The van der Waals surface area contributed by atoms with Crippen LogP contribution in [0.15, 0.2) is 12.3 Å². The monoisotopic (exact) mass is 173 g/mol. The highest BCUT2D eigenvalue weighted by atomic mass is 16.5. The first kappa shape index (κ1) is 11.4. The average molecular weight is 173 g/mol. The summed E-state index contributed by atoms with van der Waals surface area (Å²) in [6.07, 6.45) is 3.73. The quantitative estimate of drug-likeness (QED) is 0.344. The third-order valence-corrected chi connectivity index (χ3v) is 1.27. The first-order valence-corrected chi connectivity index (χ1v) is 4.16. The Balaban J connectivity index is 3.30. The number of hydrazine groups is 1. The van der Waals surface area contributed by atoms with Crippen LogP contribution >= 0.6 is 0 Å². The Kier molecular flexibility index (Phi) is 6.75. The standard InChI is InChI=1S/C8H19N3O/c1-4-10-8(2)12-7-5-6-11(3)9/h5-6,8,10H,4,7,9H2,1-3H3/b6-5-. The van der Waals surface area contributed by atoms with Gasteiger partial charge >= 0.3 is 0 Å². The normalized spacial score (nSPS) is 13.7. The van der Waals surface area contributed by atoms with E-state index in [1.165, 1.54) is 5.01 Å². The van der Waals surface area contributed by atoms with Crippen LogP contribution in [0, 0.1) is 0 Å². The van der Waals surface area contributed by atoms with Gasteiger partial charge in [-0.2, -0.15) is 0 Å². The van der Waals surface area contributed by atoms with E-state index in [1.807, 2.05) is 19.9 Å². The summed E-state index contributed by atoms with van der Waals surface area (Å²) >= 11 is 0. The van der Waals surface area contributed by atoms with Gasteiger partial charge < -0.3 is 9.75 Å². The molecular weight excluding hydrogens is 154 g/mol. The zero-order chi connectivity index (χ0) is 9.40. The number of hydrogen-bond donors (Lipinski definition) is 2. The van der Waals surface area contributed by atoms with Crippen molar-refractivity contribution in [3.8, 4) is 0 Å². The van der Waals surface area contributed by atoms with E-state index in [1.54, 1.807) is 13.2 Å². The fourth-order valence-electron chi connectivity index (χ4n) is 0.756. The molecule has 0 aromatic heterocycles. The molecule has 1 atom stereocenters. The minimum absolute atomic E-state index is 0.0998. The maximum atomic E-state index is 5.35. The summed E-state index contributed by atoms with van der Waals surface area (Å²) in [5.41, 5.74) is 0. The zero-order valence-corrected chi connectivity index (χ0v) is 8.08. The third-order valence-electron chi connectivity index (χ3n) is 1.27. The van der Waals surface area contributed by atoms with E-state index in [0.29, 0.717) is 6.61 Å². The van der Waals surface area contributed by atoms with Crippen LogP contribution in [0.1, 0.15) is 13.8 Å². The van der Waals surface area contributed by atoms with Gasteiger partial charge in [0.25, 0.3) is 0 Å². The Bertz CT molecular complexity index is 125. The van der Waals surface area contributed by atoms with Crippen molar-refractivity contribution in [3.05, 3.63) is 12.3 Å². The lowest BCUT2D eigenvalue weighted by atomic mass is 10.6. The van der Waals surface area contributed by atoms with Gasteiger partial charge in [-0.15, -0.1) is 0 Å². The van der Waals surface area contributed by atoms with Crippen molar-refractivity contribution < 1.29 is 4.74 Å². The largest absolute Gasteiger partial charge is 0.360 e. The molecule has 0 aliphatic rings. The lowest BCUT2D eigenvalue weighted by Gasteiger charge is -2.11. The van der Waals surface area contributed by atoms with Crippen LogP contribution in [0.25, 0.3) is 0 Å². The molecule has 0 aliphatic carbocycles. The summed E-state index contributed by atoms with van der Waals surface area (Å²) in [5, 5.41) is 4.62. The molecule has 4 nitrogen and oxygen atoms in total. The molecular formula is C8H19N3O. The highest BCUT2D eigenvalue weighted by molar-refractivity contribution is 4.77. The summed E-state index contributed by atoms with van der Waals surface area (Å²) in [6, 6.07) is 0. The van der Waals surface area contributed by atoms with Crippen molar-refractivity contribution in [2.45, 2.75) is 20.1 Å². The molecule has 0 saturated carbocycles. The van der Waals surface area contributed by atoms with E-state index in [0.717, 1.165) is 6.54 Å². The van der Waals surface area contributed by atoms with E-state index in [9.17, 15) is 0 Å². The van der Waals surface area contributed by atoms with E-state index < -0.39 is 0 Å². The van der Waals surface area contributed by atoms with Crippen LogP contribution in [-0.4, -0.2) is 31.4 Å². The molecule has 0 rings (SSSR count). The number of hydrogen-bond acceptors (Lipinski definition) is 4. The minimum atomic E-state index is 0.0998. The van der Waals surface area contributed by atoms with Gasteiger partial charge in [0.2, 0.25) is 0 Å². The first-order valence-electron chi connectivity index (χ1n) is 4.16. The highest BCUT2D eigenvalue weighted by Gasteiger charge is 1.94. The Labute approximate surface area is 74.3 Å². The SMILES string of the molecule is CCNC(C)OC/C=C\N(C)N. The van der Waals surface area contributed by atoms with Crippen LogP contribution in [-0.2, 0) is 4.74 Å². The van der Waals surface area contributed by atoms with E-state index in [-0.39, 0.29) is 6.23 Å². The molecule has 0 aliphatic heterocycles. The highest BCUT2D eigenvalue weighted by Crippen LogP contribution is 1.85. The molecule has 0 saturated heterocycles. The van der Waals surface area contributed by atoms with Gasteiger partial charge in [0.1, 0.15) is 6.23 Å². The molecule has 0 fully saturated rings. The van der Waals surface area contributed by atoms with Gasteiger partial charge in [-0.05, 0) is 19.5 Å². The Morgan fingerprint density at radius 3 is 2.83 bits per heavy atom. The van der Waals surface area contributed by atoms with Crippen LogP contribution < -0.4 is 11.2 Å². The van der Waals surface area contributed by atoms with Crippen molar-refractivity contribution in [1.82, 2.24) is 10.3 Å². The fraction of sp³-hybridized carbons (Fsp3) is 0.750. The predicted octanol–water partition coefficient (Wildman–Crippen LogP) is 0.278. The minimum Gasteiger partial charge on any atom is -0.360 e. The second-order valence-electron chi connectivity index (χ2n) is 2.58. The van der Waals surface area contributed by atoms with E-state index >= 15 is 0 Å². The zero-order valence-electron chi connectivity index (χ0n) is 8.08. The Morgan fingerprint density at radius 2 is 2.33 bits per heavy atom. The molecule has 1 unspecified atom stereocenters. The number of rotatable bonds is 6. The van der Waals surface area contributed by atoms with Gasteiger partial charge in [-0.3, -0.25) is 5.32 Å². The summed E-state index contributed by atoms with van der Waals surface area (Å²) in [4.78, 5) is 0. The third kappa shape index (κ3) is 7.53. The van der Waals surface area contributed by atoms with Crippen molar-refractivity contribution in [3.63, 3.8) is 0 Å². The first-order chi connectivity index (χ1) is 5.66. The molecule has 0 bridgehead atoms. The maximum Gasteiger partial charge on any atom is 0.105 e. The smallest absolute Gasteiger partial charge is 0.105 e. The summed E-state index contributed by atoms with van der Waals surface area (Å²) < 4.78 is 5.35. The molecule has 0 amide bonds. The molecule has 12 heavy (non-hydrogen) atoms. The maximum absolute atomic E-state index is 5.35. The van der Waals surface area contributed by atoms with Gasteiger partial charge in [0.15, 0.2) is 0 Å². The number of nitrogens with one attached hydrogen (secondary N) is 1. The second kappa shape index (κ2) is 7.09. The van der Waals surface area contributed by atoms with Crippen LogP contribution in [0.3, 0.4) is 0 Å². The molecule has 0 aromatic rings. The van der Waals surface area contributed by atoms with Gasteiger partial charge in [0, 0.05) is 13.2 Å². The van der Waals surface area contributed by atoms with Gasteiger partial charge in [0.05, 0.1) is 6.61 Å². The van der Waals surface area contributed by atoms with Crippen molar-refractivity contribution in [2.75, 3.05) is 20.2 Å². The number of nitrogens with two attached hydrogens (primary N) is 1. The lowest BCUT2D eigenvalue weighted by molar-refractivity contribution is 0.0637. The average Bonchev–Trinajstić information content (AvgIpc) is 1.98. The second-order valence-corrected chi connectivity index (χ2v) is 2.58. The number of nitrogens with zero attached hydrogens (tertiary/aromatic N) is 1. The lowest BCUT2D eigenvalue weighted by Crippen LogP contribution is -2.28. The molecule has 0 heterocycles. The van der Waals surface area contributed by atoms with E-state index in [2.05, 4.69) is 5.32 Å². The van der Waals surface area contributed by atoms with Crippen LogP contribution in [0.5, 0.6) is 0 Å². The molecule has 0 radical (unpaired) electrons. The van der Waals surface area contributed by atoms with Gasteiger partial charge in [-0.1, -0.05) is 6.92 Å². The summed E-state index contributed by atoms with van der Waals surface area (Å²) in [7, 11) is 1.77. The van der Waals surface area contributed by atoms with Crippen LogP contribution in [0.2, 0.25) is 0 Å². The molecule has 4 heteroatoms. The number of ether oxygens (including phenoxy) is 1. The topological polar surface area (TPSA) is 50.5 Å². The Morgan fingerprint density at radius 1 is 1.67 bits per heavy atom. The van der Waals surface area contributed by atoms with Crippen LogP contribution in [0.4, 0.5) is 0 Å². The van der Waals surface area contributed by atoms with Gasteiger partial charge in [-0.25, -0.2) is 5.84 Å². The fourth-order valence-corrected chi connectivity index (χ4v) is 0.756. The van der Waals surface area contributed by atoms with Crippen molar-refractivity contribution in [1.29, 1.82) is 0 Å². The van der Waals surface area contributed by atoms with E-state index in [4.69, 9.17) is 10.6 Å². The molecule has 72 valence electrons. The molecule has 0 spiro atoms. The van der Waals surface area contributed by atoms with Crippen molar-refractivity contribution >= 4 is 0 Å². The van der Waals surface area contributed by atoms with Crippen molar-refractivity contribution in [2.24, 2.45) is 5.84 Å². The predicted molar refractivity (Wildman–Crippen MR) is 50.2 cm³/mol.